The first-order valence-electron chi connectivity index (χ1n) is 13.1. The highest BCUT2D eigenvalue weighted by molar-refractivity contribution is 5.26. The Morgan fingerprint density at radius 1 is 1.10 bits per heavy atom. The van der Waals surface area contributed by atoms with Gasteiger partial charge in [-0.2, -0.15) is 0 Å². The third-order valence-corrected chi connectivity index (χ3v) is 11.0. The van der Waals surface area contributed by atoms with E-state index >= 15 is 0 Å². The summed E-state index contributed by atoms with van der Waals surface area (Å²) in [7, 11) is 0. The molecule has 30 heavy (non-hydrogen) atoms. The van der Waals surface area contributed by atoms with Gasteiger partial charge in [-0.3, -0.25) is 0 Å². The van der Waals surface area contributed by atoms with Crippen LogP contribution in [0.4, 0.5) is 0 Å². The third-order valence-electron chi connectivity index (χ3n) is 11.0. The van der Waals surface area contributed by atoms with E-state index in [-0.39, 0.29) is 0 Å². The van der Waals surface area contributed by atoms with Gasteiger partial charge in [0, 0.05) is 0 Å². The molecule has 0 amide bonds. The van der Waals surface area contributed by atoms with Crippen LogP contribution in [-0.4, -0.2) is 21.4 Å². The molecule has 0 spiro atoms. The van der Waals surface area contributed by atoms with Gasteiger partial charge in [-0.1, -0.05) is 39.3 Å². The summed E-state index contributed by atoms with van der Waals surface area (Å²) in [5.74, 6) is 4.07. The van der Waals surface area contributed by atoms with Crippen LogP contribution in [0.2, 0.25) is 0 Å². The molecule has 0 heterocycles. The molecule has 0 unspecified atom stereocenters. The van der Waals surface area contributed by atoms with Crippen LogP contribution in [-0.2, 0) is 0 Å². The molecule has 4 aliphatic carbocycles. The summed E-state index contributed by atoms with van der Waals surface area (Å²) in [6.07, 6.45) is 15.4. The molecule has 4 aliphatic rings. The van der Waals surface area contributed by atoms with Gasteiger partial charge in [0.25, 0.3) is 0 Å². The van der Waals surface area contributed by atoms with Gasteiger partial charge in [0.15, 0.2) is 0 Å². The predicted octanol–water partition coefficient (Wildman–Crippen LogP) is 6.89. The molecule has 172 valence electrons. The topological polar surface area (TPSA) is 40.5 Å². The van der Waals surface area contributed by atoms with Crippen LogP contribution < -0.4 is 0 Å². The molecule has 3 saturated carbocycles. The normalized spacial score (nSPS) is 48.7. The molecule has 2 nitrogen and oxygen atoms in total. The maximum absolute atomic E-state index is 10.7. The lowest BCUT2D eigenvalue weighted by molar-refractivity contribution is -0.0715. The van der Waals surface area contributed by atoms with Gasteiger partial charge in [0.2, 0.25) is 0 Å². The molecule has 2 N–H and O–H groups in total. The molecule has 0 aromatic carbocycles. The molecule has 4 rings (SSSR count). The second kappa shape index (κ2) is 7.62. The van der Waals surface area contributed by atoms with E-state index in [9.17, 15) is 10.2 Å². The van der Waals surface area contributed by atoms with Crippen molar-refractivity contribution >= 4 is 0 Å². The summed E-state index contributed by atoms with van der Waals surface area (Å²) in [6, 6.07) is 0. The van der Waals surface area contributed by atoms with Gasteiger partial charge < -0.3 is 10.2 Å². The van der Waals surface area contributed by atoms with E-state index in [4.69, 9.17) is 0 Å². The van der Waals surface area contributed by atoms with Crippen LogP contribution in [0.15, 0.2) is 11.6 Å². The lowest BCUT2D eigenvalue weighted by Gasteiger charge is -2.59. The zero-order chi connectivity index (χ0) is 21.9. The van der Waals surface area contributed by atoms with Crippen LogP contribution in [0.25, 0.3) is 0 Å². The Labute approximate surface area is 185 Å². The number of allylic oxidation sites excluding steroid dienone is 1. The van der Waals surface area contributed by atoms with E-state index in [1.807, 2.05) is 13.8 Å². The van der Waals surface area contributed by atoms with Crippen LogP contribution in [0, 0.1) is 40.4 Å². The summed E-state index contributed by atoms with van der Waals surface area (Å²) in [4.78, 5) is 0. The Balaban J connectivity index is 1.51. The molecule has 2 heteroatoms. The number of aliphatic hydroxyl groups is 2. The van der Waals surface area contributed by atoms with E-state index in [2.05, 4.69) is 33.8 Å². The Morgan fingerprint density at radius 2 is 1.83 bits per heavy atom. The third kappa shape index (κ3) is 3.72. The molecular formula is C28H48O2. The van der Waals surface area contributed by atoms with E-state index in [0.29, 0.717) is 16.7 Å². The van der Waals surface area contributed by atoms with Crippen molar-refractivity contribution in [3.8, 4) is 0 Å². The summed E-state index contributed by atoms with van der Waals surface area (Å²) >= 11 is 0. The summed E-state index contributed by atoms with van der Waals surface area (Å²) in [5, 5.41) is 21.2. The smallest absolute Gasteiger partial charge is 0.0657 e. The van der Waals surface area contributed by atoms with Crippen molar-refractivity contribution in [3.63, 3.8) is 0 Å². The second-order valence-electron chi connectivity index (χ2n) is 13.0. The average Bonchev–Trinajstić information content (AvgIpc) is 3.04. The SMILES string of the molecule is CC[C@@](C)(O)CC[C@@H](C)[C@H]1CC[C@H]2[C@@H]3CC=C4C[C@@](C)(O)CC[C@]4(C)[C@H]3CC[C@]12C. The van der Waals surface area contributed by atoms with Crippen molar-refractivity contribution in [3.05, 3.63) is 11.6 Å². The fraction of sp³-hybridized carbons (Fsp3) is 0.929. The average molecular weight is 417 g/mol. The summed E-state index contributed by atoms with van der Waals surface area (Å²) in [5.41, 5.74) is 1.41. The van der Waals surface area contributed by atoms with Crippen molar-refractivity contribution < 1.29 is 10.2 Å². The molecule has 0 aromatic heterocycles. The monoisotopic (exact) mass is 416 g/mol. The molecule has 0 aliphatic heterocycles. The second-order valence-corrected chi connectivity index (χ2v) is 13.0. The molecule has 0 aromatic rings. The van der Waals surface area contributed by atoms with E-state index < -0.39 is 11.2 Å². The molecule has 9 atom stereocenters. The molecule has 0 saturated heterocycles. The highest BCUT2D eigenvalue weighted by Crippen LogP contribution is 2.67. The zero-order valence-electron chi connectivity index (χ0n) is 20.6. The fourth-order valence-corrected chi connectivity index (χ4v) is 8.70. The first-order valence-corrected chi connectivity index (χ1v) is 13.1. The van der Waals surface area contributed by atoms with Gasteiger partial charge >= 0.3 is 0 Å². The minimum atomic E-state index is -0.494. The molecule has 3 fully saturated rings. The standard InChI is InChI=1S/C28H48O2/c1-7-25(3,29)14-12-19(2)22-10-11-23-21-9-8-20-18-26(4,30)16-17-27(20,5)24(21)13-15-28(22,23)6/h8,19,21-24,29-30H,7,9-18H2,1-6H3/t19-,21+,22-,23+,24+,25-,26+,27+,28-/m1/s1. The predicted molar refractivity (Wildman–Crippen MR) is 125 cm³/mol. The Hall–Kier alpha value is -0.340. The van der Waals surface area contributed by atoms with Gasteiger partial charge in [0.05, 0.1) is 11.2 Å². The maximum Gasteiger partial charge on any atom is 0.0657 e. The zero-order valence-corrected chi connectivity index (χ0v) is 20.6. The van der Waals surface area contributed by atoms with Crippen molar-refractivity contribution in [2.75, 3.05) is 0 Å². The van der Waals surface area contributed by atoms with Gasteiger partial charge in [-0.15, -0.1) is 0 Å². The van der Waals surface area contributed by atoms with E-state index in [1.54, 1.807) is 5.57 Å². The number of fused-ring (bicyclic) bond motifs is 5. The minimum Gasteiger partial charge on any atom is -0.390 e. The summed E-state index contributed by atoms with van der Waals surface area (Å²) < 4.78 is 0. The van der Waals surface area contributed by atoms with Crippen molar-refractivity contribution in [1.82, 2.24) is 0 Å². The highest BCUT2D eigenvalue weighted by Gasteiger charge is 2.59. The Kier molecular flexibility index (Phi) is 5.80. The minimum absolute atomic E-state index is 0.329. The van der Waals surface area contributed by atoms with Gasteiger partial charge in [-0.25, -0.2) is 0 Å². The number of rotatable bonds is 5. The van der Waals surface area contributed by atoms with Crippen molar-refractivity contribution in [2.45, 2.75) is 123 Å². The fourth-order valence-electron chi connectivity index (χ4n) is 8.70. The molecule has 0 bridgehead atoms. The lowest BCUT2D eigenvalue weighted by atomic mass is 9.46. The van der Waals surface area contributed by atoms with Crippen LogP contribution >= 0.6 is 0 Å². The summed E-state index contributed by atoms with van der Waals surface area (Å²) in [6.45, 7) is 13.8. The van der Waals surface area contributed by atoms with E-state index in [1.165, 1.54) is 44.9 Å². The number of hydrogen-bond acceptors (Lipinski definition) is 2. The van der Waals surface area contributed by atoms with Crippen LogP contribution in [0.5, 0.6) is 0 Å². The first kappa shape index (κ1) is 22.8. The largest absolute Gasteiger partial charge is 0.390 e. The van der Waals surface area contributed by atoms with Crippen molar-refractivity contribution in [1.29, 1.82) is 0 Å². The molecular weight excluding hydrogens is 368 g/mol. The van der Waals surface area contributed by atoms with Crippen LogP contribution in [0.3, 0.4) is 0 Å². The molecule has 0 radical (unpaired) electrons. The van der Waals surface area contributed by atoms with Gasteiger partial charge in [-0.05, 0) is 125 Å². The Bertz CT molecular complexity index is 676. The highest BCUT2D eigenvalue weighted by atomic mass is 16.3. The number of hydrogen-bond donors (Lipinski definition) is 2. The maximum atomic E-state index is 10.7. The lowest BCUT2D eigenvalue weighted by Crippen LogP contribution is -2.52. The first-order chi connectivity index (χ1) is 13.9. The Morgan fingerprint density at radius 3 is 2.53 bits per heavy atom. The van der Waals surface area contributed by atoms with Crippen molar-refractivity contribution in [2.24, 2.45) is 40.4 Å². The van der Waals surface area contributed by atoms with Gasteiger partial charge in [0.1, 0.15) is 0 Å². The van der Waals surface area contributed by atoms with Crippen LogP contribution in [0.1, 0.15) is 112 Å². The quantitative estimate of drug-likeness (QED) is 0.479. The van der Waals surface area contributed by atoms with E-state index in [0.717, 1.165) is 49.4 Å².